The van der Waals surface area contributed by atoms with Gasteiger partial charge in [-0.1, -0.05) is 35.9 Å². The first-order valence-corrected chi connectivity index (χ1v) is 12.1. The number of para-hydroxylation sites is 1. The molecule has 1 heterocycles. The summed E-state index contributed by atoms with van der Waals surface area (Å²) in [5.74, 6) is -1.26. The van der Waals surface area contributed by atoms with E-state index in [1.54, 1.807) is 12.1 Å². The van der Waals surface area contributed by atoms with Gasteiger partial charge >= 0.3 is 5.97 Å². The number of carboxylic acid groups (broad SMARTS) is 1. The van der Waals surface area contributed by atoms with Crippen LogP contribution in [0.2, 0.25) is 5.02 Å². The third-order valence-electron chi connectivity index (χ3n) is 5.47. The van der Waals surface area contributed by atoms with E-state index in [2.05, 4.69) is 0 Å². The van der Waals surface area contributed by atoms with Crippen LogP contribution in [0.4, 0.5) is 10.1 Å². The molecule has 0 amide bonds. The van der Waals surface area contributed by atoms with Crippen molar-refractivity contribution in [2.45, 2.75) is 30.8 Å². The number of carboxylic acids is 1. The fraction of sp³-hybridized carbons (Fsp3) is 0.208. The summed E-state index contributed by atoms with van der Waals surface area (Å²) in [5.41, 5.74) is 2.43. The lowest BCUT2D eigenvalue weighted by molar-refractivity contribution is -0.136. The Morgan fingerprint density at radius 2 is 1.85 bits per heavy atom. The number of aliphatic carboxylic acids is 1. The Balaban J connectivity index is 1.56. The second kappa shape index (κ2) is 9.41. The lowest BCUT2D eigenvalue weighted by Gasteiger charge is -2.22. The van der Waals surface area contributed by atoms with Gasteiger partial charge in [-0.15, -0.1) is 0 Å². The number of hydrogen-bond acceptors (Lipinski definition) is 4. The predicted molar refractivity (Wildman–Crippen MR) is 123 cm³/mol. The molecule has 172 valence electrons. The number of benzene rings is 3. The molecule has 0 bridgehead atoms. The summed E-state index contributed by atoms with van der Waals surface area (Å²) in [6, 6.07) is 15.8. The van der Waals surface area contributed by atoms with Gasteiger partial charge in [-0.3, -0.25) is 9.10 Å². The number of ether oxygens (including phenoxy) is 1. The number of hydrogen-bond donors (Lipinski definition) is 1. The van der Waals surface area contributed by atoms with Crippen LogP contribution in [0.3, 0.4) is 0 Å². The maximum absolute atomic E-state index is 14.3. The van der Waals surface area contributed by atoms with Crippen molar-refractivity contribution in [1.82, 2.24) is 0 Å². The van der Waals surface area contributed by atoms with Gasteiger partial charge in [-0.05, 0) is 54.3 Å². The van der Waals surface area contributed by atoms with Gasteiger partial charge in [0.15, 0.2) is 0 Å². The smallest absolute Gasteiger partial charge is 0.303 e. The van der Waals surface area contributed by atoms with E-state index < -0.39 is 21.8 Å². The predicted octanol–water partition coefficient (Wildman–Crippen LogP) is 4.83. The van der Waals surface area contributed by atoms with Gasteiger partial charge in [0, 0.05) is 29.6 Å². The number of carbonyl (C=O) groups is 1. The lowest BCUT2D eigenvalue weighted by Crippen LogP contribution is -2.30. The second-order valence-corrected chi connectivity index (χ2v) is 9.94. The quantitative estimate of drug-likeness (QED) is 0.490. The van der Waals surface area contributed by atoms with E-state index in [4.69, 9.17) is 21.4 Å². The zero-order chi connectivity index (χ0) is 23.6. The highest BCUT2D eigenvalue weighted by molar-refractivity contribution is 7.92. The molecule has 0 atom stereocenters. The van der Waals surface area contributed by atoms with Crippen LogP contribution in [-0.4, -0.2) is 26.0 Å². The minimum atomic E-state index is -3.79. The number of rotatable bonds is 8. The zero-order valence-electron chi connectivity index (χ0n) is 17.5. The van der Waals surface area contributed by atoms with E-state index in [9.17, 15) is 17.6 Å². The topological polar surface area (TPSA) is 83.9 Å². The van der Waals surface area contributed by atoms with Gasteiger partial charge in [0.1, 0.15) is 18.2 Å². The van der Waals surface area contributed by atoms with Crippen LogP contribution in [0.1, 0.15) is 23.1 Å². The largest absolute Gasteiger partial charge is 0.489 e. The molecule has 1 N–H and O–H groups in total. The van der Waals surface area contributed by atoms with Crippen molar-refractivity contribution in [3.63, 3.8) is 0 Å². The summed E-state index contributed by atoms with van der Waals surface area (Å²) in [5, 5.41) is 9.22. The Hall–Kier alpha value is -3.10. The van der Waals surface area contributed by atoms with Crippen LogP contribution in [0.5, 0.6) is 5.75 Å². The molecule has 0 saturated heterocycles. The highest BCUT2D eigenvalue weighted by atomic mass is 35.5. The Morgan fingerprint density at radius 3 is 2.55 bits per heavy atom. The third kappa shape index (κ3) is 4.96. The number of aryl methyl sites for hydroxylation is 1. The third-order valence-corrected chi connectivity index (χ3v) is 7.53. The van der Waals surface area contributed by atoms with Crippen LogP contribution in [0.25, 0.3) is 0 Å². The van der Waals surface area contributed by atoms with Crippen LogP contribution in [0, 0.1) is 5.82 Å². The first kappa shape index (κ1) is 23.1. The van der Waals surface area contributed by atoms with Gasteiger partial charge in [-0.25, -0.2) is 12.8 Å². The molecule has 3 aromatic carbocycles. The summed E-state index contributed by atoms with van der Waals surface area (Å²) >= 11 is 5.90. The van der Waals surface area contributed by atoms with Crippen LogP contribution in [0.15, 0.2) is 65.6 Å². The molecule has 0 radical (unpaired) electrons. The average molecular weight is 490 g/mol. The molecule has 0 spiro atoms. The van der Waals surface area contributed by atoms with Gasteiger partial charge in [-0.2, -0.15) is 0 Å². The number of nitrogens with zero attached hydrogens (tertiary/aromatic N) is 1. The molecule has 4 rings (SSSR count). The van der Waals surface area contributed by atoms with E-state index in [0.717, 1.165) is 5.56 Å². The molecule has 0 aromatic heterocycles. The lowest BCUT2D eigenvalue weighted by atomic mass is 10.1. The minimum absolute atomic E-state index is 0.0454. The maximum Gasteiger partial charge on any atom is 0.303 e. The molecule has 0 saturated carbocycles. The Bertz CT molecular complexity index is 1290. The molecule has 3 aromatic rings. The SMILES string of the molecule is O=C(O)CCc1ccc(OCc2cccc3c2N(S(=O)(=O)c2ccc(Cl)cc2)CC3)cc1F. The van der Waals surface area contributed by atoms with Crippen molar-refractivity contribution < 1.29 is 27.4 Å². The molecular formula is C24H21ClFNO5S. The van der Waals surface area contributed by atoms with Crippen molar-refractivity contribution in [3.05, 3.63) is 88.2 Å². The molecule has 0 fully saturated rings. The molecule has 1 aliphatic heterocycles. The fourth-order valence-electron chi connectivity index (χ4n) is 3.81. The summed E-state index contributed by atoms with van der Waals surface area (Å²) in [7, 11) is -3.79. The first-order chi connectivity index (χ1) is 15.8. The maximum atomic E-state index is 14.3. The molecular weight excluding hydrogens is 469 g/mol. The number of fused-ring (bicyclic) bond motifs is 1. The van der Waals surface area contributed by atoms with Crippen molar-refractivity contribution in [3.8, 4) is 5.75 Å². The molecule has 0 unspecified atom stereocenters. The van der Waals surface area contributed by atoms with E-state index in [0.29, 0.717) is 34.8 Å². The Kier molecular flexibility index (Phi) is 6.58. The van der Waals surface area contributed by atoms with Crippen LogP contribution < -0.4 is 9.04 Å². The standard InChI is InChI=1S/C24H21ClFNO5S/c25-19-6-9-21(10-7-19)33(30,31)27-13-12-17-2-1-3-18(24(17)27)15-32-20-8-4-16(22(26)14-20)5-11-23(28)29/h1-4,6-10,14H,5,11-13,15H2,(H,28,29). The fourth-order valence-corrected chi connectivity index (χ4v) is 5.48. The number of halogens is 2. The highest BCUT2D eigenvalue weighted by Gasteiger charge is 2.32. The van der Waals surface area contributed by atoms with Crippen LogP contribution in [-0.2, 0) is 34.3 Å². The number of sulfonamides is 1. The second-order valence-electron chi connectivity index (χ2n) is 7.64. The van der Waals surface area contributed by atoms with Crippen molar-refractivity contribution in [2.75, 3.05) is 10.8 Å². The van der Waals surface area contributed by atoms with Gasteiger partial charge in [0.2, 0.25) is 0 Å². The average Bonchev–Trinajstić information content (AvgIpc) is 3.23. The van der Waals surface area contributed by atoms with Gasteiger partial charge in [0.05, 0.1) is 10.6 Å². The normalized spacial score (nSPS) is 13.1. The van der Waals surface area contributed by atoms with Gasteiger partial charge < -0.3 is 9.84 Å². The monoisotopic (exact) mass is 489 g/mol. The summed E-state index contributed by atoms with van der Waals surface area (Å²) < 4.78 is 48.0. The first-order valence-electron chi connectivity index (χ1n) is 10.3. The highest BCUT2D eigenvalue weighted by Crippen LogP contribution is 2.37. The van der Waals surface area contributed by atoms with Crippen molar-refractivity contribution in [2.24, 2.45) is 0 Å². The van der Waals surface area contributed by atoms with Gasteiger partial charge in [0.25, 0.3) is 10.0 Å². The van der Waals surface area contributed by atoms with E-state index in [-0.39, 0.29) is 30.1 Å². The van der Waals surface area contributed by atoms with E-state index in [1.165, 1.54) is 40.7 Å². The molecule has 0 aliphatic carbocycles. The molecule has 6 nitrogen and oxygen atoms in total. The summed E-state index contributed by atoms with van der Waals surface area (Å²) in [4.78, 5) is 10.9. The minimum Gasteiger partial charge on any atom is -0.489 e. The summed E-state index contributed by atoms with van der Waals surface area (Å²) in [6.07, 6.45) is 0.499. The van der Waals surface area contributed by atoms with E-state index in [1.807, 2.05) is 12.1 Å². The van der Waals surface area contributed by atoms with Crippen LogP contribution >= 0.6 is 11.6 Å². The Morgan fingerprint density at radius 1 is 1.09 bits per heavy atom. The van der Waals surface area contributed by atoms with Crippen molar-refractivity contribution in [1.29, 1.82) is 0 Å². The van der Waals surface area contributed by atoms with E-state index >= 15 is 0 Å². The summed E-state index contributed by atoms with van der Waals surface area (Å²) in [6.45, 7) is 0.355. The molecule has 33 heavy (non-hydrogen) atoms. The molecule has 1 aliphatic rings. The van der Waals surface area contributed by atoms with Crippen molar-refractivity contribution >= 4 is 33.3 Å². The number of anilines is 1. The Labute approximate surface area is 196 Å². The molecule has 9 heteroatoms. The zero-order valence-corrected chi connectivity index (χ0v) is 19.1.